The lowest BCUT2D eigenvalue weighted by Crippen LogP contribution is -2.41. The summed E-state index contributed by atoms with van der Waals surface area (Å²) in [7, 11) is 1.70. The predicted molar refractivity (Wildman–Crippen MR) is 188 cm³/mol. The maximum absolute atomic E-state index is 14.2. The quantitative estimate of drug-likeness (QED) is 0.167. The van der Waals surface area contributed by atoms with Gasteiger partial charge in [0.1, 0.15) is 12.3 Å². The number of aryl methyl sites for hydroxylation is 3. The van der Waals surface area contributed by atoms with Crippen LogP contribution in [0.1, 0.15) is 45.7 Å². The van der Waals surface area contributed by atoms with E-state index in [1.165, 1.54) is 49.7 Å². The van der Waals surface area contributed by atoms with Crippen molar-refractivity contribution >= 4 is 49.3 Å². The first-order valence-corrected chi connectivity index (χ1v) is 16.9. The molecule has 0 saturated heterocycles. The van der Waals surface area contributed by atoms with Gasteiger partial charge < -0.3 is 9.64 Å². The second-order valence-electron chi connectivity index (χ2n) is 13.0. The number of imidazole rings is 1. The van der Waals surface area contributed by atoms with Crippen molar-refractivity contribution in [3.05, 3.63) is 135 Å². The molecule has 46 heavy (non-hydrogen) atoms. The zero-order chi connectivity index (χ0) is 31.5. The lowest BCUT2D eigenvalue weighted by molar-refractivity contribution is -0.663. The second-order valence-corrected chi connectivity index (χ2v) is 13.9. The summed E-state index contributed by atoms with van der Waals surface area (Å²) in [5.41, 5.74) is 11.0. The predicted octanol–water partition coefficient (Wildman–Crippen LogP) is 8.26. The Kier molecular flexibility index (Phi) is 7.21. The summed E-state index contributed by atoms with van der Waals surface area (Å²) in [6.07, 6.45) is 3.57. The van der Waals surface area contributed by atoms with Gasteiger partial charge in [0, 0.05) is 16.9 Å². The summed E-state index contributed by atoms with van der Waals surface area (Å²) in [6.45, 7) is 6.39. The number of aromatic nitrogens is 2. The van der Waals surface area contributed by atoms with Crippen molar-refractivity contribution < 1.29 is 14.1 Å². The lowest BCUT2D eigenvalue weighted by atomic mass is 9.81. The molecule has 8 rings (SSSR count). The van der Waals surface area contributed by atoms with Crippen LogP contribution in [0.25, 0.3) is 21.8 Å². The zero-order valence-corrected chi connectivity index (χ0v) is 28.0. The first-order valence-electron chi connectivity index (χ1n) is 16.1. The van der Waals surface area contributed by atoms with E-state index in [1.54, 1.807) is 7.11 Å². The number of benzene rings is 5. The van der Waals surface area contributed by atoms with Crippen molar-refractivity contribution in [3.63, 3.8) is 0 Å². The Balaban J connectivity index is 1.11. The van der Waals surface area contributed by atoms with Gasteiger partial charge in [-0.3, -0.25) is 4.79 Å². The number of carbonyl (C=O) groups excluding carboxylic acids is 1. The van der Waals surface area contributed by atoms with E-state index < -0.39 is 0 Å². The summed E-state index contributed by atoms with van der Waals surface area (Å²) in [4.78, 5) is 16.3. The van der Waals surface area contributed by atoms with Crippen molar-refractivity contribution in [2.24, 2.45) is 5.92 Å². The smallest absolute Gasteiger partial charge is 0.245 e. The molecule has 6 aromatic rings. The molecule has 6 heteroatoms. The SMILES string of the molecule is COc1cccc2c1N(C(=O)CCn1c[n+](Cc3ccc4ccccc4c3)c3cc(C)c(C)cc31)C[C@@H]1Cc3ccc(Br)cc3[C@H]21. The van der Waals surface area contributed by atoms with Crippen molar-refractivity contribution in [2.45, 2.75) is 45.7 Å². The first-order chi connectivity index (χ1) is 22.4. The molecule has 1 aliphatic carbocycles. The number of carbonyl (C=O) groups is 1. The van der Waals surface area contributed by atoms with Gasteiger partial charge in [-0.25, -0.2) is 9.13 Å². The van der Waals surface area contributed by atoms with Crippen molar-refractivity contribution in [3.8, 4) is 5.75 Å². The Morgan fingerprint density at radius 3 is 2.59 bits per heavy atom. The molecule has 0 fully saturated rings. The van der Waals surface area contributed by atoms with E-state index in [2.05, 4.69) is 130 Å². The monoisotopic (exact) mass is 670 g/mol. The molecule has 2 aliphatic rings. The van der Waals surface area contributed by atoms with Crippen LogP contribution in [0.4, 0.5) is 5.69 Å². The average molecular weight is 672 g/mol. The minimum atomic E-state index is 0.132. The number of methoxy groups -OCH3 is 1. The first kappa shape index (κ1) is 29.0. The molecule has 5 nitrogen and oxygen atoms in total. The Bertz CT molecular complexity index is 2170. The molecule has 2 atom stereocenters. The molecule has 2 heterocycles. The highest BCUT2D eigenvalue weighted by Crippen LogP contribution is 2.52. The van der Waals surface area contributed by atoms with E-state index in [9.17, 15) is 4.79 Å². The maximum atomic E-state index is 14.2. The summed E-state index contributed by atoms with van der Waals surface area (Å²) < 4.78 is 11.6. The van der Waals surface area contributed by atoms with Gasteiger partial charge >= 0.3 is 0 Å². The van der Waals surface area contributed by atoms with Crippen LogP contribution in [-0.2, 0) is 24.3 Å². The summed E-state index contributed by atoms with van der Waals surface area (Å²) in [5, 5.41) is 2.50. The number of hydrogen-bond acceptors (Lipinski definition) is 2. The molecule has 0 spiro atoms. The molecule has 1 aliphatic heterocycles. The van der Waals surface area contributed by atoms with E-state index in [0.29, 0.717) is 25.4 Å². The normalized spacial score (nSPS) is 16.8. The van der Waals surface area contributed by atoms with E-state index in [4.69, 9.17) is 4.74 Å². The third-order valence-corrected chi connectivity index (χ3v) is 10.7. The lowest BCUT2D eigenvalue weighted by Gasteiger charge is -2.38. The van der Waals surface area contributed by atoms with Crippen LogP contribution in [0.3, 0.4) is 0 Å². The maximum Gasteiger partial charge on any atom is 0.245 e. The van der Waals surface area contributed by atoms with E-state index >= 15 is 0 Å². The minimum Gasteiger partial charge on any atom is -0.495 e. The molecule has 1 aromatic heterocycles. The molecule has 0 unspecified atom stereocenters. The topological polar surface area (TPSA) is 38.4 Å². The third kappa shape index (κ3) is 4.91. The van der Waals surface area contributed by atoms with Crippen LogP contribution in [0.15, 0.2) is 102 Å². The second kappa shape index (κ2) is 11.4. The van der Waals surface area contributed by atoms with Gasteiger partial charge in [-0.15, -0.1) is 0 Å². The number of ether oxygens (including phenoxy) is 1. The number of fused-ring (bicyclic) bond motifs is 7. The number of para-hydroxylation sites is 1. The molecule has 5 aromatic carbocycles. The fourth-order valence-electron chi connectivity index (χ4n) is 7.81. The Labute approximate surface area is 278 Å². The van der Waals surface area contributed by atoms with Gasteiger partial charge in [0.05, 0.1) is 25.8 Å². The van der Waals surface area contributed by atoms with Crippen LogP contribution >= 0.6 is 15.9 Å². The minimum absolute atomic E-state index is 0.132. The highest BCUT2D eigenvalue weighted by molar-refractivity contribution is 9.10. The molecule has 1 amide bonds. The van der Waals surface area contributed by atoms with Crippen molar-refractivity contribution in [1.29, 1.82) is 0 Å². The third-order valence-electron chi connectivity index (χ3n) is 10.2. The molecule has 230 valence electrons. The fraction of sp³-hybridized carbons (Fsp3) is 0.250. The van der Waals surface area contributed by atoms with E-state index in [1.807, 2.05) is 11.0 Å². The van der Waals surface area contributed by atoms with Crippen LogP contribution in [0.2, 0.25) is 0 Å². The van der Waals surface area contributed by atoms with Crippen LogP contribution in [0.5, 0.6) is 5.75 Å². The van der Waals surface area contributed by atoms with Gasteiger partial charge in [0.25, 0.3) is 0 Å². The Morgan fingerprint density at radius 1 is 0.913 bits per heavy atom. The summed E-state index contributed by atoms with van der Waals surface area (Å²) >= 11 is 3.69. The Morgan fingerprint density at radius 2 is 1.74 bits per heavy atom. The average Bonchev–Trinajstić information content (AvgIpc) is 3.59. The van der Waals surface area contributed by atoms with Gasteiger partial charge in [0.2, 0.25) is 12.2 Å². The Hall–Kier alpha value is -4.42. The zero-order valence-electron chi connectivity index (χ0n) is 26.5. The molecule has 0 radical (unpaired) electrons. The number of hydrogen-bond donors (Lipinski definition) is 0. The van der Waals surface area contributed by atoms with Crippen molar-refractivity contribution in [1.82, 2.24) is 4.57 Å². The number of anilines is 1. The van der Waals surface area contributed by atoms with E-state index in [-0.39, 0.29) is 11.8 Å². The van der Waals surface area contributed by atoms with Gasteiger partial charge in [-0.2, -0.15) is 0 Å². The summed E-state index contributed by atoms with van der Waals surface area (Å²) in [6, 6.07) is 32.6. The molecule has 0 N–H and O–H groups in total. The van der Waals surface area contributed by atoms with Crippen LogP contribution in [-0.4, -0.2) is 24.1 Å². The number of amides is 1. The van der Waals surface area contributed by atoms with Gasteiger partial charge in [-0.05, 0) is 107 Å². The summed E-state index contributed by atoms with van der Waals surface area (Å²) in [5.74, 6) is 1.50. The number of nitrogens with zero attached hydrogens (tertiary/aromatic N) is 3. The molecule has 0 bridgehead atoms. The molecule has 0 saturated carbocycles. The van der Waals surface area contributed by atoms with Gasteiger partial charge in [0.15, 0.2) is 11.0 Å². The largest absolute Gasteiger partial charge is 0.495 e. The molecular weight excluding hydrogens is 634 g/mol. The van der Waals surface area contributed by atoms with E-state index in [0.717, 1.165) is 34.4 Å². The van der Waals surface area contributed by atoms with Crippen LogP contribution in [0, 0.1) is 19.8 Å². The van der Waals surface area contributed by atoms with Crippen LogP contribution < -0.4 is 14.2 Å². The fourth-order valence-corrected chi connectivity index (χ4v) is 8.19. The van der Waals surface area contributed by atoms with Crippen molar-refractivity contribution in [2.75, 3.05) is 18.6 Å². The number of halogens is 1. The standard InChI is InChI=1S/C40H37BrN3O2/c1-25-17-35-36(18-26(25)2)43(22-27-11-12-28-7-4-5-8-29(28)19-27)24-42(35)16-15-38(45)44-23-31-20-30-13-14-32(41)21-34(30)39(31)33-9-6-10-37(46-3)40(33)44/h4-14,17-19,21,24,31,39H,15-16,20,22-23H2,1-3H3/q+1/t31-,39-/m0/s1. The van der Waals surface area contributed by atoms with Gasteiger partial charge in [-0.1, -0.05) is 70.5 Å². The number of rotatable bonds is 6. The highest BCUT2D eigenvalue weighted by atomic mass is 79.9. The highest BCUT2D eigenvalue weighted by Gasteiger charge is 2.43. The molecular formula is C40H37BrN3O2+.